The molecule has 1 aliphatic rings. The van der Waals surface area contributed by atoms with Crippen LogP contribution in [0.2, 0.25) is 0 Å². The Morgan fingerprint density at radius 3 is 2.83 bits per heavy atom. The molecule has 0 bridgehead atoms. The summed E-state index contributed by atoms with van der Waals surface area (Å²) in [5, 5.41) is 3.15. The molecule has 0 radical (unpaired) electrons. The van der Waals surface area contributed by atoms with Gasteiger partial charge in [0.1, 0.15) is 0 Å². The number of amides is 1. The van der Waals surface area contributed by atoms with Gasteiger partial charge >= 0.3 is 0 Å². The second kappa shape index (κ2) is 5.59. The van der Waals surface area contributed by atoms with E-state index in [9.17, 15) is 4.79 Å². The SMILES string of the molecule is CC1CCC(C(C)C)C(NC(=O)c2ccco2)C1. The van der Waals surface area contributed by atoms with Crippen molar-refractivity contribution >= 4 is 5.91 Å². The normalized spacial score (nSPS) is 28.3. The molecule has 1 aliphatic carbocycles. The molecule has 100 valence electrons. The minimum atomic E-state index is -0.0789. The van der Waals surface area contributed by atoms with E-state index >= 15 is 0 Å². The fraction of sp³-hybridized carbons (Fsp3) is 0.667. The number of hydrogen-bond acceptors (Lipinski definition) is 2. The van der Waals surface area contributed by atoms with Crippen LogP contribution in [-0.4, -0.2) is 11.9 Å². The summed E-state index contributed by atoms with van der Waals surface area (Å²) in [4.78, 5) is 12.0. The molecule has 0 aromatic carbocycles. The Hall–Kier alpha value is -1.25. The molecule has 3 atom stereocenters. The van der Waals surface area contributed by atoms with E-state index in [4.69, 9.17) is 4.42 Å². The second-order valence-electron chi connectivity index (χ2n) is 5.88. The molecule has 3 nitrogen and oxygen atoms in total. The maximum absolute atomic E-state index is 12.0. The fourth-order valence-electron chi connectivity index (χ4n) is 3.02. The number of rotatable bonds is 3. The van der Waals surface area contributed by atoms with Gasteiger partial charge in [0.25, 0.3) is 5.91 Å². The molecule has 2 rings (SSSR count). The van der Waals surface area contributed by atoms with E-state index in [1.807, 2.05) is 0 Å². The summed E-state index contributed by atoms with van der Waals surface area (Å²) in [6.45, 7) is 6.75. The lowest BCUT2D eigenvalue weighted by molar-refractivity contribution is 0.0840. The van der Waals surface area contributed by atoms with Crippen LogP contribution in [0, 0.1) is 17.8 Å². The van der Waals surface area contributed by atoms with Gasteiger partial charge in [0.05, 0.1) is 6.26 Å². The zero-order valence-electron chi connectivity index (χ0n) is 11.5. The first-order chi connectivity index (χ1) is 8.58. The van der Waals surface area contributed by atoms with Crippen molar-refractivity contribution in [2.75, 3.05) is 0 Å². The first kappa shape index (κ1) is 13.2. The molecule has 0 saturated heterocycles. The van der Waals surface area contributed by atoms with Crippen molar-refractivity contribution in [3.63, 3.8) is 0 Å². The number of hydrogen-bond donors (Lipinski definition) is 1. The van der Waals surface area contributed by atoms with Crippen molar-refractivity contribution in [2.24, 2.45) is 17.8 Å². The predicted octanol–water partition coefficient (Wildman–Crippen LogP) is 3.47. The molecule has 3 unspecified atom stereocenters. The van der Waals surface area contributed by atoms with Gasteiger partial charge in [0.2, 0.25) is 0 Å². The monoisotopic (exact) mass is 249 g/mol. The Labute approximate surface area is 109 Å². The van der Waals surface area contributed by atoms with Crippen molar-refractivity contribution < 1.29 is 9.21 Å². The summed E-state index contributed by atoms with van der Waals surface area (Å²) in [5.41, 5.74) is 0. The molecule has 1 aromatic rings. The molecule has 1 amide bonds. The zero-order chi connectivity index (χ0) is 13.1. The molecule has 0 aliphatic heterocycles. The van der Waals surface area contributed by atoms with Gasteiger partial charge in [0.15, 0.2) is 5.76 Å². The van der Waals surface area contributed by atoms with Gasteiger partial charge < -0.3 is 9.73 Å². The lowest BCUT2D eigenvalue weighted by atomic mass is 9.74. The van der Waals surface area contributed by atoms with Crippen LogP contribution in [0.3, 0.4) is 0 Å². The highest BCUT2D eigenvalue weighted by atomic mass is 16.3. The molecule has 1 fully saturated rings. The van der Waals surface area contributed by atoms with Crippen LogP contribution in [-0.2, 0) is 0 Å². The van der Waals surface area contributed by atoms with Crippen molar-refractivity contribution in [1.29, 1.82) is 0 Å². The topological polar surface area (TPSA) is 42.2 Å². The number of carbonyl (C=O) groups is 1. The van der Waals surface area contributed by atoms with Crippen LogP contribution in [0.15, 0.2) is 22.8 Å². The third-order valence-electron chi connectivity index (χ3n) is 4.08. The molecular formula is C15H23NO2. The summed E-state index contributed by atoms with van der Waals surface area (Å²) in [7, 11) is 0. The number of nitrogens with one attached hydrogen (secondary N) is 1. The standard InChI is InChI=1S/C15H23NO2/c1-10(2)12-7-6-11(3)9-13(12)16-15(17)14-5-4-8-18-14/h4-5,8,10-13H,6-7,9H2,1-3H3,(H,16,17). The van der Waals surface area contributed by atoms with E-state index in [2.05, 4.69) is 26.1 Å². The van der Waals surface area contributed by atoms with Crippen LogP contribution in [0.4, 0.5) is 0 Å². The van der Waals surface area contributed by atoms with Crippen molar-refractivity contribution in [3.8, 4) is 0 Å². The molecule has 3 heteroatoms. The van der Waals surface area contributed by atoms with E-state index < -0.39 is 0 Å². The van der Waals surface area contributed by atoms with E-state index in [1.165, 1.54) is 12.8 Å². The van der Waals surface area contributed by atoms with Crippen molar-refractivity contribution in [1.82, 2.24) is 5.32 Å². The smallest absolute Gasteiger partial charge is 0.287 e. The van der Waals surface area contributed by atoms with Crippen LogP contribution in [0.5, 0.6) is 0 Å². The van der Waals surface area contributed by atoms with Gasteiger partial charge in [-0.1, -0.05) is 27.2 Å². The largest absolute Gasteiger partial charge is 0.459 e. The Bertz CT molecular complexity index is 383. The summed E-state index contributed by atoms with van der Waals surface area (Å²) >= 11 is 0. The molecule has 1 aromatic heterocycles. The molecule has 1 saturated carbocycles. The lowest BCUT2D eigenvalue weighted by Crippen LogP contribution is -2.45. The zero-order valence-corrected chi connectivity index (χ0v) is 11.5. The Morgan fingerprint density at radius 1 is 1.44 bits per heavy atom. The van der Waals surface area contributed by atoms with E-state index in [-0.39, 0.29) is 11.9 Å². The van der Waals surface area contributed by atoms with Crippen molar-refractivity contribution in [3.05, 3.63) is 24.2 Å². The second-order valence-corrected chi connectivity index (χ2v) is 5.88. The molecule has 0 spiro atoms. The van der Waals surface area contributed by atoms with Gasteiger partial charge in [-0.25, -0.2) is 0 Å². The lowest BCUT2D eigenvalue weighted by Gasteiger charge is -2.37. The highest BCUT2D eigenvalue weighted by molar-refractivity contribution is 5.91. The van der Waals surface area contributed by atoms with Gasteiger partial charge in [-0.15, -0.1) is 0 Å². The predicted molar refractivity (Wildman–Crippen MR) is 71.3 cm³/mol. The highest BCUT2D eigenvalue weighted by Crippen LogP contribution is 2.33. The van der Waals surface area contributed by atoms with Crippen LogP contribution in [0.1, 0.15) is 50.6 Å². The van der Waals surface area contributed by atoms with Crippen LogP contribution < -0.4 is 5.32 Å². The van der Waals surface area contributed by atoms with Crippen LogP contribution in [0.25, 0.3) is 0 Å². The van der Waals surface area contributed by atoms with E-state index in [0.29, 0.717) is 23.5 Å². The van der Waals surface area contributed by atoms with E-state index in [0.717, 1.165) is 6.42 Å². The number of furan rings is 1. The van der Waals surface area contributed by atoms with Gasteiger partial charge in [-0.2, -0.15) is 0 Å². The maximum Gasteiger partial charge on any atom is 0.287 e. The summed E-state index contributed by atoms with van der Waals surface area (Å²) in [5.74, 6) is 2.22. The first-order valence-electron chi connectivity index (χ1n) is 6.92. The quantitative estimate of drug-likeness (QED) is 0.891. The third-order valence-corrected chi connectivity index (χ3v) is 4.08. The van der Waals surface area contributed by atoms with Gasteiger partial charge in [-0.05, 0) is 42.7 Å². The van der Waals surface area contributed by atoms with Gasteiger partial charge in [0, 0.05) is 6.04 Å². The van der Waals surface area contributed by atoms with Crippen molar-refractivity contribution in [2.45, 2.75) is 46.1 Å². The third kappa shape index (κ3) is 2.95. The molecule has 1 N–H and O–H groups in total. The average Bonchev–Trinajstić information content (AvgIpc) is 2.81. The average molecular weight is 249 g/mol. The highest BCUT2D eigenvalue weighted by Gasteiger charge is 2.32. The molecule has 1 heterocycles. The minimum absolute atomic E-state index is 0.0789. The van der Waals surface area contributed by atoms with Crippen LogP contribution >= 0.6 is 0 Å². The molecule has 18 heavy (non-hydrogen) atoms. The van der Waals surface area contributed by atoms with Gasteiger partial charge in [-0.3, -0.25) is 4.79 Å². The first-order valence-corrected chi connectivity index (χ1v) is 6.92. The maximum atomic E-state index is 12.0. The summed E-state index contributed by atoms with van der Waals surface area (Å²) in [6, 6.07) is 3.75. The summed E-state index contributed by atoms with van der Waals surface area (Å²) in [6.07, 6.45) is 5.10. The number of carbonyl (C=O) groups excluding carboxylic acids is 1. The Morgan fingerprint density at radius 2 is 2.22 bits per heavy atom. The summed E-state index contributed by atoms with van der Waals surface area (Å²) < 4.78 is 5.15. The van der Waals surface area contributed by atoms with E-state index in [1.54, 1.807) is 18.4 Å². The minimum Gasteiger partial charge on any atom is -0.459 e. The Kier molecular flexibility index (Phi) is 4.10. The Balaban J connectivity index is 2.02. The molecular weight excluding hydrogens is 226 g/mol. The fourth-order valence-corrected chi connectivity index (χ4v) is 3.02.